The van der Waals surface area contributed by atoms with Crippen LogP contribution in [0, 0.1) is 17.5 Å². The Hall–Kier alpha value is -3.69. The fourth-order valence-electron chi connectivity index (χ4n) is 4.22. The lowest BCUT2D eigenvalue weighted by Crippen LogP contribution is -2.47. The van der Waals surface area contributed by atoms with E-state index >= 15 is 4.39 Å². The highest BCUT2D eigenvalue weighted by Gasteiger charge is 2.51. The van der Waals surface area contributed by atoms with Crippen LogP contribution in [0.15, 0.2) is 35.3 Å². The summed E-state index contributed by atoms with van der Waals surface area (Å²) < 4.78 is 55.5. The van der Waals surface area contributed by atoms with E-state index in [4.69, 9.17) is 9.47 Å². The quantitative estimate of drug-likeness (QED) is 0.469. The van der Waals surface area contributed by atoms with E-state index in [0.29, 0.717) is 12.5 Å². The third-order valence-electron chi connectivity index (χ3n) is 6.05. The van der Waals surface area contributed by atoms with Crippen molar-refractivity contribution in [3.05, 3.63) is 69.4 Å². The molecule has 1 fully saturated rings. The summed E-state index contributed by atoms with van der Waals surface area (Å²) in [5.74, 6) is -4.43. The topological polar surface area (TPSA) is 87.5 Å². The van der Waals surface area contributed by atoms with Crippen LogP contribution in [-0.2, 0) is 19.7 Å². The molecule has 190 valence electrons. The molecule has 0 saturated heterocycles. The van der Waals surface area contributed by atoms with Crippen molar-refractivity contribution in [3.63, 3.8) is 0 Å². The molecule has 0 atom stereocenters. The molecule has 1 saturated carbocycles. The lowest BCUT2D eigenvalue weighted by atomic mass is 9.66. The van der Waals surface area contributed by atoms with Gasteiger partial charge < -0.3 is 9.47 Å². The lowest BCUT2D eigenvalue weighted by Gasteiger charge is -2.40. The van der Waals surface area contributed by atoms with E-state index in [9.17, 15) is 23.2 Å². The van der Waals surface area contributed by atoms with Gasteiger partial charge in [0.25, 0.3) is 0 Å². The molecule has 0 N–H and O–H groups in total. The maximum atomic E-state index is 15.5. The Kier molecular flexibility index (Phi) is 6.40. The minimum absolute atomic E-state index is 0.0365. The Labute approximate surface area is 204 Å². The van der Waals surface area contributed by atoms with E-state index in [2.05, 4.69) is 4.98 Å². The van der Waals surface area contributed by atoms with Crippen LogP contribution in [0.3, 0.4) is 0 Å². The number of carbonyl (C=O) groups is 2. The number of aromatic nitrogens is 2. The summed E-state index contributed by atoms with van der Waals surface area (Å²) in [5, 5.41) is -0.329. The van der Waals surface area contributed by atoms with E-state index < -0.39 is 51.4 Å². The van der Waals surface area contributed by atoms with Gasteiger partial charge in [0.05, 0.1) is 23.4 Å². The molecule has 7 nitrogen and oxygen atoms in total. The van der Waals surface area contributed by atoms with E-state index in [1.54, 1.807) is 27.7 Å². The second-order valence-corrected chi connectivity index (χ2v) is 9.69. The number of ether oxygens (including phenoxy) is 2. The van der Waals surface area contributed by atoms with Gasteiger partial charge in [0.2, 0.25) is 5.43 Å². The van der Waals surface area contributed by atoms with Crippen molar-refractivity contribution < 1.29 is 32.2 Å². The van der Waals surface area contributed by atoms with Gasteiger partial charge in [0.1, 0.15) is 39.7 Å². The number of hydrogen-bond acceptors (Lipinski definition) is 6. The smallest absolute Gasteiger partial charge is 0.343 e. The van der Waals surface area contributed by atoms with Crippen molar-refractivity contribution >= 4 is 23.0 Å². The number of halogens is 3. The van der Waals surface area contributed by atoms with Gasteiger partial charge in [-0.1, -0.05) is 6.42 Å². The Bertz CT molecular complexity index is 1440. The van der Waals surface area contributed by atoms with Crippen molar-refractivity contribution in [1.82, 2.24) is 9.55 Å². The molecule has 0 radical (unpaired) electrons. The molecule has 3 aromatic rings. The molecular weight excluding hydrogens is 477 g/mol. The van der Waals surface area contributed by atoms with Crippen LogP contribution in [0.2, 0.25) is 0 Å². The normalized spacial score (nSPS) is 14.9. The molecule has 0 aliphatic heterocycles. The van der Waals surface area contributed by atoms with E-state index in [1.165, 1.54) is 0 Å². The fourth-order valence-corrected chi connectivity index (χ4v) is 4.22. The molecule has 0 spiro atoms. The van der Waals surface area contributed by atoms with E-state index in [1.807, 2.05) is 0 Å². The maximum Gasteiger partial charge on any atom is 0.343 e. The summed E-state index contributed by atoms with van der Waals surface area (Å²) in [4.78, 5) is 43.0. The third kappa shape index (κ3) is 4.36. The van der Waals surface area contributed by atoms with Gasteiger partial charge in [-0.3, -0.25) is 14.2 Å². The van der Waals surface area contributed by atoms with Crippen LogP contribution in [0.5, 0.6) is 0 Å². The lowest BCUT2D eigenvalue weighted by molar-refractivity contribution is -0.166. The number of carbonyl (C=O) groups excluding carboxylic acids is 2. The molecule has 0 bridgehead atoms. The van der Waals surface area contributed by atoms with Crippen LogP contribution in [-0.4, -0.2) is 33.7 Å². The number of esters is 2. The standard InChI is InChI=1S/C26H25F3N2O5/c1-5-35-23(33)16-13-31(19-8-7-14(27)11-17(19)28)22-15(20(16)32)12-18(29)21(30-22)26(9-6-10-26)24(34)36-25(2,3)4/h7-8,11-13H,5-6,9-10H2,1-4H3. The molecule has 0 amide bonds. The van der Waals surface area contributed by atoms with Crippen LogP contribution in [0.4, 0.5) is 13.2 Å². The molecule has 2 heterocycles. The van der Waals surface area contributed by atoms with Crippen LogP contribution in [0.25, 0.3) is 16.7 Å². The van der Waals surface area contributed by atoms with Crippen molar-refractivity contribution in [2.75, 3.05) is 6.61 Å². The number of benzene rings is 1. The van der Waals surface area contributed by atoms with Crippen molar-refractivity contribution in [2.24, 2.45) is 0 Å². The van der Waals surface area contributed by atoms with Gasteiger partial charge >= 0.3 is 11.9 Å². The average Bonchev–Trinajstić information content (AvgIpc) is 2.73. The van der Waals surface area contributed by atoms with Gasteiger partial charge in [-0.05, 0) is 58.7 Å². The summed E-state index contributed by atoms with van der Waals surface area (Å²) in [6, 6.07) is 3.60. The molecule has 0 unspecified atom stereocenters. The van der Waals surface area contributed by atoms with Gasteiger partial charge in [-0.15, -0.1) is 0 Å². The van der Waals surface area contributed by atoms with E-state index in [0.717, 1.165) is 29.0 Å². The van der Waals surface area contributed by atoms with Gasteiger partial charge in [-0.2, -0.15) is 0 Å². The second kappa shape index (κ2) is 9.07. The largest absolute Gasteiger partial charge is 0.462 e. The molecule has 36 heavy (non-hydrogen) atoms. The SMILES string of the molecule is CCOC(=O)c1cn(-c2ccc(F)cc2F)c2nc(C3(C(=O)OC(C)(C)C)CCC3)c(F)cc2c1=O. The maximum absolute atomic E-state index is 15.5. The first kappa shape index (κ1) is 25.4. The Balaban J connectivity index is 2.03. The minimum Gasteiger partial charge on any atom is -0.462 e. The van der Waals surface area contributed by atoms with Crippen molar-refractivity contribution in [3.8, 4) is 5.69 Å². The zero-order valence-electron chi connectivity index (χ0n) is 20.3. The Morgan fingerprint density at radius 2 is 1.81 bits per heavy atom. The molecule has 4 rings (SSSR count). The monoisotopic (exact) mass is 502 g/mol. The van der Waals surface area contributed by atoms with Crippen molar-refractivity contribution in [2.45, 2.75) is 58.0 Å². The first-order valence-corrected chi connectivity index (χ1v) is 11.5. The molecule has 10 heteroatoms. The predicted octanol–water partition coefficient (Wildman–Crippen LogP) is 4.74. The molecule has 1 aliphatic rings. The van der Waals surface area contributed by atoms with Gasteiger partial charge in [-0.25, -0.2) is 22.9 Å². The highest BCUT2D eigenvalue weighted by Crippen LogP contribution is 2.46. The fraction of sp³-hybridized carbons (Fsp3) is 0.385. The first-order chi connectivity index (χ1) is 16.9. The molecule has 1 aliphatic carbocycles. The van der Waals surface area contributed by atoms with Crippen LogP contribution >= 0.6 is 0 Å². The summed E-state index contributed by atoms with van der Waals surface area (Å²) in [5.41, 5.74) is -4.25. The Morgan fingerprint density at radius 3 is 2.36 bits per heavy atom. The highest BCUT2D eigenvalue weighted by atomic mass is 19.1. The zero-order valence-corrected chi connectivity index (χ0v) is 20.3. The average molecular weight is 502 g/mol. The molecular formula is C26H25F3N2O5. The zero-order chi connectivity index (χ0) is 26.4. The number of pyridine rings is 2. The predicted molar refractivity (Wildman–Crippen MR) is 125 cm³/mol. The Morgan fingerprint density at radius 1 is 1.11 bits per heavy atom. The van der Waals surface area contributed by atoms with E-state index in [-0.39, 0.29) is 41.9 Å². The minimum atomic E-state index is -1.38. The summed E-state index contributed by atoms with van der Waals surface area (Å²) in [6.07, 6.45) is 2.19. The molecule has 1 aromatic carbocycles. The number of rotatable bonds is 5. The second-order valence-electron chi connectivity index (χ2n) is 9.69. The van der Waals surface area contributed by atoms with Crippen molar-refractivity contribution in [1.29, 1.82) is 0 Å². The summed E-state index contributed by atoms with van der Waals surface area (Å²) in [6.45, 7) is 6.57. The summed E-state index contributed by atoms with van der Waals surface area (Å²) >= 11 is 0. The summed E-state index contributed by atoms with van der Waals surface area (Å²) in [7, 11) is 0. The number of fused-ring (bicyclic) bond motifs is 1. The van der Waals surface area contributed by atoms with Crippen LogP contribution in [0.1, 0.15) is 63.0 Å². The van der Waals surface area contributed by atoms with Gasteiger partial charge in [0, 0.05) is 12.3 Å². The molecule has 2 aromatic heterocycles. The first-order valence-electron chi connectivity index (χ1n) is 11.5. The highest BCUT2D eigenvalue weighted by molar-refractivity contribution is 5.94. The van der Waals surface area contributed by atoms with Crippen LogP contribution < -0.4 is 5.43 Å². The number of nitrogens with zero attached hydrogens (tertiary/aromatic N) is 2. The third-order valence-corrected chi connectivity index (χ3v) is 6.05. The number of hydrogen-bond donors (Lipinski definition) is 0. The van der Waals surface area contributed by atoms with Gasteiger partial charge in [0.15, 0.2) is 0 Å².